The molecule has 1 amide bonds. The van der Waals surface area contributed by atoms with Gasteiger partial charge in [-0.1, -0.05) is 72.2 Å². The topological polar surface area (TPSA) is 110 Å². The van der Waals surface area contributed by atoms with Crippen LogP contribution in [-0.2, 0) is 7.05 Å². The molecule has 0 radical (unpaired) electrons. The molecule has 2 aromatic carbocycles. The van der Waals surface area contributed by atoms with E-state index in [9.17, 15) is 14.7 Å². The van der Waals surface area contributed by atoms with Crippen molar-refractivity contribution in [1.82, 2.24) is 14.7 Å². The van der Waals surface area contributed by atoms with Crippen LogP contribution in [0.4, 0.5) is 5.69 Å². The zero-order valence-electron chi connectivity index (χ0n) is 17.9. The third-order valence-electron chi connectivity index (χ3n) is 5.51. The number of hydrogen-bond acceptors (Lipinski definition) is 6. The van der Waals surface area contributed by atoms with Crippen molar-refractivity contribution in [3.8, 4) is 5.75 Å². The molecule has 4 rings (SSSR count). The number of aromatic hydroxyl groups is 1. The Morgan fingerprint density at radius 2 is 1.85 bits per heavy atom. The molecular weight excluding hydrogens is 444 g/mol. The van der Waals surface area contributed by atoms with Crippen LogP contribution < -0.4 is 10.9 Å². The molecule has 0 aliphatic rings. The maximum Gasteiger partial charge on any atom is 0.296 e. The fourth-order valence-corrected chi connectivity index (χ4v) is 4.16. The number of carbonyl (C=O) groups excluding carboxylic acids is 1. The van der Waals surface area contributed by atoms with Gasteiger partial charge >= 0.3 is 0 Å². The van der Waals surface area contributed by atoms with Crippen LogP contribution in [-0.4, -0.2) is 25.7 Å². The normalized spacial score (nSPS) is 12.8. The highest BCUT2D eigenvalue weighted by Crippen LogP contribution is 2.40. The number of halogens is 1. The van der Waals surface area contributed by atoms with Crippen molar-refractivity contribution in [1.29, 1.82) is 0 Å². The molecule has 0 saturated heterocycles. The van der Waals surface area contributed by atoms with Crippen LogP contribution in [0.5, 0.6) is 5.75 Å². The highest BCUT2D eigenvalue weighted by Gasteiger charge is 2.30. The van der Waals surface area contributed by atoms with Gasteiger partial charge in [0.15, 0.2) is 5.69 Å². The van der Waals surface area contributed by atoms with E-state index in [0.717, 1.165) is 11.1 Å². The van der Waals surface area contributed by atoms with Crippen LogP contribution in [0.2, 0.25) is 5.02 Å². The van der Waals surface area contributed by atoms with Crippen molar-refractivity contribution in [2.24, 2.45) is 7.05 Å². The summed E-state index contributed by atoms with van der Waals surface area (Å²) in [6.07, 6.45) is 2.52. The van der Waals surface area contributed by atoms with Crippen LogP contribution in [0.1, 0.15) is 46.2 Å². The Hall–Kier alpha value is -3.91. The minimum atomic E-state index is -0.754. The number of rotatable bonds is 6. The highest BCUT2D eigenvalue weighted by molar-refractivity contribution is 6.31. The Bertz CT molecular complexity index is 1340. The summed E-state index contributed by atoms with van der Waals surface area (Å²) in [4.78, 5) is 30.0. The summed E-state index contributed by atoms with van der Waals surface area (Å²) < 4.78 is 5.95. The number of nitrogens with one attached hydrogen (secondary N) is 1. The predicted octanol–water partition coefficient (Wildman–Crippen LogP) is 4.32. The van der Waals surface area contributed by atoms with Gasteiger partial charge in [0.1, 0.15) is 17.8 Å². The van der Waals surface area contributed by atoms with Gasteiger partial charge in [-0.2, -0.15) is 0 Å². The Labute approximate surface area is 194 Å². The smallest absolute Gasteiger partial charge is 0.296 e. The molecule has 0 spiro atoms. The van der Waals surface area contributed by atoms with Crippen molar-refractivity contribution >= 4 is 23.2 Å². The minimum Gasteiger partial charge on any atom is -0.501 e. The largest absolute Gasteiger partial charge is 0.501 e. The van der Waals surface area contributed by atoms with Crippen molar-refractivity contribution in [3.05, 3.63) is 105 Å². The lowest BCUT2D eigenvalue weighted by atomic mass is 9.81. The second-order valence-electron chi connectivity index (χ2n) is 7.60. The van der Waals surface area contributed by atoms with E-state index in [1.54, 1.807) is 6.07 Å². The first kappa shape index (κ1) is 22.3. The quantitative estimate of drug-likeness (QED) is 0.440. The summed E-state index contributed by atoms with van der Waals surface area (Å²) in [5.74, 6) is -1.82. The minimum absolute atomic E-state index is 0.267. The number of benzene rings is 2. The van der Waals surface area contributed by atoms with Crippen molar-refractivity contribution in [3.63, 3.8) is 0 Å². The van der Waals surface area contributed by atoms with E-state index >= 15 is 0 Å². The van der Waals surface area contributed by atoms with Gasteiger partial charge in [-0.05, 0) is 17.2 Å². The molecule has 2 aromatic heterocycles. The van der Waals surface area contributed by atoms with Crippen LogP contribution in [0.3, 0.4) is 0 Å². The Kier molecular flexibility index (Phi) is 6.28. The lowest BCUT2D eigenvalue weighted by Gasteiger charge is -2.27. The highest BCUT2D eigenvalue weighted by atomic mass is 35.5. The van der Waals surface area contributed by atoms with Crippen LogP contribution in [0.25, 0.3) is 0 Å². The SMILES string of the molecule is C[C@@H](c1nc(C(=O)Nc2cnoc2)c(O)c(=O)n1C)[C@H](c1ccccc1)c1ccccc1Cl. The average Bonchev–Trinajstić information content (AvgIpc) is 3.32. The second kappa shape index (κ2) is 9.30. The van der Waals surface area contributed by atoms with Crippen molar-refractivity contribution in [2.45, 2.75) is 18.8 Å². The molecule has 9 heteroatoms. The molecule has 33 heavy (non-hydrogen) atoms. The first-order chi connectivity index (χ1) is 15.9. The molecule has 2 heterocycles. The molecule has 0 aliphatic heterocycles. The van der Waals surface area contributed by atoms with Gasteiger partial charge in [0.2, 0.25) is 5.75 Å². The molecule has 0 aliphatic carbocycles. The van der Waals surface area contributed by atoms with E-state index in [0.29, 0.717) is 10.8 Å². The molecule has 0 saturated carbocycles. The lowest BCUT2D eigenvalue weighted by Crippen LogP contribution is -2.29. The standard InChI is InChI=1S/C24H21ClN4O4/c1-14(19(15-8-4-3-5-9-15)17-10-6-7-11-18(17)25)22-28-20(21(30)24(32)29(22)2)23(31)27-16-12-26-33-13-16/h3-14,19,30H,1-2H3,(H,27,31)/t14-,19-/m1/s1. The van der Waals surface area contributed by atoms with Crippen molar-refractivity contribution < 1.29 is 14.4 Å². The molecule has 8 nitrogen and oxygen atoms in total. The molecule has 2 N–H and O–H groups in total. The second-order valence-corrected chi connectivity index (χ2v) is 8.00. The summed E-state index contributed by atoms with van der Waals surface area (Å²) in [6.45, 7) is 1.90. The number of hydrogen-bond donors (Lipinski definition) is 2. The monoisotopic (exact) mass is 464 g/mol. The van der Waals surface area contributed by atoms with Gasteiger partial charge in [0, 0.05) is 23.9 Å². The number of aromatic nitrogens is 3. The first-order valence-electron chi connectivity index (χ1n) is 10.2. The maximum absolute atomic E-state index is 12.8. The first-order valence-corrected chi connectivity index (χ1v) is 10.6. The zero-order chi connectivity index (χ0) is 23.5. The fourth-order valence-electron chi connectivity index (χ4n) is 3.90. The summed E-state index contributed by atoms with van der Waals surface area (Å²) in [6, 6.07) is 17.2. The summed E-state index contributed by atoms with van der Waals surface area (Å²) in [5.41, 5.74) is 0.988. The Morgan fingerprint density at radius 1 is 1.15 bits per heavy atom. The van der Waals surface area contributed by atoms with E-state index < -0.39 is 17.2 Å². The van der Waals surface area contributed by atoms with Crippen LogP contribution in [0, 0.1) is 0 Å². The van der Waals surface area contributed by atoms with Crippen molar-refractivity contribution in [2.75, 3.05) is 5.32 Å². The summed E-state index contributed by atoms with van der Waals surface area (Å²) in [7, 11) is 1.51. The number of carbonyl (C=O) groups is 1. The number of amides is 1. The predicted molar refractivity (Wildman–Crippen MR) is 124 cm³/mol. The van der Waals surface area contributed by atoms with Crippen LogP contribution in [0.15, 0.2) is 76.4 Å². The van der Waals surface area contributed by atoms with Gasteiger partial charge in [0.05, 0.1) is 6.20 Å². The van der Waals surface area contributed by atoms with E-state index in [1.807, 2.05) is 55.5 Å². The molecule has 0 bridgehead atoms. The van der Waals surface area contributed by atoms with E-state index in [2.05, 4.69) is 15.5 Å². The number of anilines is 1. The molecule has 0 fully saturated rings. The third-order valence-corrected chi connectivity index (χ3v) is 5.86. The summed E-state index contributed by atoms with van der Waals surface area (Å²) in [5, 5.41) is 17.0. The van der Waals surface area contributed by atoms with Gasteiger partial charge in [-0.3, -0.25) is 14.2 Å². The van der Waals surface area contributed by atoms with E-state index in [1.165, 1.54) is 24.1 Å². The van der Waals surface area contributed by atoms with Crippen LogP contribution >= 0.6 is 11.6 Å². The fraction of sp³-hybridized carbons (Fsp3) is 0.167. The van der Waals surface area contributed by atoms with E-state index in [4.69, 9.17) is 16.1 Å². The van der Waals surface area contributed by atoms with Gasteiger partial charge in [-0.25, -0.2) is 4.98 Å². The van der Waals surface area contributed by atoms with Gasteiger partial charge in [0.25, 0.3) is 11.5 Å². The summed E-state index contributed by atoms with van der Waals surface area (Å²) >= 11 is 6.55. The molecule has 2 atom stereocenters. The molecule has 0 unspecified atom stereocenters. The van der Waals surface area contributed by atoms with E-state index in [-0.39, 0.29) is 23.2 Å². The molecular formula is C24H21ClN4O4. The van der Waals surface area contributed by atoms with Gasteiger partial charge in [-0.15, -0.1) is 0 Å². The zero-order valence-corrected chi connectivity index (χ0v) is 18.7. The molecule has 168 valence electrons. The molecule has 4 aromatic rings. The average molecular weight is 465 g/mol. The Balaban J connectivity index is 1.83. The number of nitrogens with zero attached hydrogens (tertiary/aromatic N) is 3. The lowest BCUT2D eigenvalue weighted by molar-refractivity contribution is 0.101. The Morgan fingerprint density at radius 3 is 2.52 bits per heavy atom. The third kappa shape index (κ3) is 4.38. The van der Waals surface area contributed by atoms with Gasteiger partial charge < -0.3 is 14.9 Å². The maximum atomic E-state index is 12.8.